The van der Waals surface area contributed by atoms with Gasteiger partial charge in [0.25, 0.3) is 0 Å². The molecule has 4 aliphatic rings. The molecule has 4 rings (SSSR count). The van der Waals surface area contributed by atoms with Crippen molar-refractivity contribution >= 4 is 17.7 Å². The van der Waals surface area contributed by atoms with Gasteiger partial charge in [0.2, 0.25) is 17.7 Å². The van der Waals surface area contributed by atoms with Gasteiger partial charge in [-0.1, -0.05) is 31.2 Å². The Morgan fingerprint density at radius 2 is 1.77 bits per heavy atom. The van der Waals surface area contributed by atoms with Crippen LogP contribution in [0, 0.1) is 11.8 Å². The first-order valence-electron chi connectivity index (χ1n) is 11.2. The van der Waals surface area contributed by atoms with E-state index in [1.165, 1.54) is 4.90 Å². The fourth-order valence-electron chi connectivity index (χ4n) is 5.87. The summed E-state index contributed by atoms with van der Waals surface area (Å²) in [5, 5.41) is 10.0. The number of carbonyl (C=O) groups is 3. The van der Waals surface area contributed by atoms with Gasteiger partial charge in [0.1, 0.15) is 11.6 Å². The predicted molar refractivity (Wildman–Crippen MR) is 114 cm³/mol. The molecule has 1 unspecified atom stereocenters. The van der Waals surface area contributed by atoms with Crippen LogP contribution in [0.25, 0.3) is 0 Å². The van der Waals surface area contributed by atoms with Crippen LogP contribution in [0.4, 0.5) is 0 Å². The Kier molecular flexibility index (Phi) is 5.29. The molecule has 2 saturated heterocycles. The van der Waals surface area contributed by atoms with Crippen molar-refractivity contribution in [2.75, 3.05) is 26.7 Å². The topological polar surface area (TPSA) is 90.4 Å². The van der Waals surface area contributed by atoms with Crippen LogP contribution in [0.5, 0.6) is 0 Å². The molecule has 0 aromatic heterocycles. The number of nitrogens with zero attached hydrogens (tertiary/aromatic N) is 3. The number of ether oxygens (including phenoxy) is 1. The summed E-state index contributed by atoms with van der Waals surface area (Å²) in [6.45, 7) is 8.19. The van der Waals surface area contributed by atoms with E-state index in [1.54, 1.807) is 16.8 Å². The van der Waals surface area contributed by atoms with E-state index in [0.717, 1.165) is 0 Å². The van der Waals surface area contributed by atoms with E-state index in [4.69, 9.17) is 4.74 Å². The van der Waals surface area contributed by atoms with Crippen LogP contribution in [0.1, 0.15) is 34.1 Å². The van der Waals surface area contributed by atoms with E-state index >= 15 is 0 Å². The van der Waals surface area contributed by atoms with Crippen LogP contribution >= 0.6 is 0 Å². The lowest BCUT2D eigenvalue weighted by atomic mass is 9.74. The first-order chi connectivity index (χ1) is 14.6. The highest BCUT2D eigenvalue weighted by atomic mass is 16.5. The van der Waals surface area contributed by atoms with Crippen LogP contribution in [0.15, 0.2) is 24.3 Å². The summed E-state index contributed by atoms with van der Waals surface area (Å²) in [4.78, 5) is 46.0. The van der Waals surface area contributed by atoms with Crippen molar-refractivity contribution in [3.8, 4) is 0 Å². The minimum atomic E-state index is -1.25. The van der Waals surface area contributed by atoms with Gasteiger partial charge >= 0.3 is 0 Å². The molecule has 1 N–H and O–H groups in total. The number of fused-ring (bicyclic) bond motifs is 2. The lowest BCUT2D eigenvalue weighted by Gasteiger charge is -2.40. The molecule has 4 heterocycles. The Balaban J connectivity index is 1.93. The summed E-state index contributed by atoms with van der Waals surface area (Å²) in [5.74, 6) is -2.22. The van der Waals surface area contributed by atoms with Gasteiger partial charge < -0.3 is 24.5 Å². The largest absolute Gasteiger partial charge is 0.394 e. The first kappa shape index (κ1) is 22.0. The first-order valence-corrected chi connectivity index (χ1v) is 11.2. The minimum Gasteiger partial charge on any atom is -0.394 e. The average molecular weight is 432 g/mol. The quantitative estimate of drug-likeness (QED) is 0.657. The van der Waals surface area contributed by atoms with Gasteiger partial charge in [-0.05, 0) is 27.2 Å². The highest BCUT2D eigenvalue weighted by molar-refractivity contribution is 6.00. The van der Waals surface area contributed by atoms with Gasteiger partial charge in [-0.15, -0.1) is 0 Å². The smallest absolute Gasteiger partial charge is 0.249 e. The number of hydrogen-bond acceptors (Lipinski definition) is 5. The summed E-state index contributed by atoms with van der Waals surface area (Å²) in [6, 6.07) is -1.50. The number of likely N-dealkylation sites (tertiary alicyclic amines) is 1. The highest BCUT2D eigenvalue weighted by Crippen LogP contribution is 2.57. The molecule has 1 spiro atoms. The molecule has 8 heteroatoms. The Bertz CT molecular complexity index is 850. The Hall–Kier alpha value is -2.19. The van der Waals surface area contributed by atoms with E-state index in [2.05, 4.69) is 0 Å². The van der Waals surface area contributed by atoms with Gasteiger partial charge in [0.15, 0.2) is 0 Å². The normalized spacial score (nSPS) is 38.4. The highest BCUT2D eigenvalue weighted by Gasteiger charge is 2.75. The number of rotatable bonds is 4. The van der Waals surface area contributed by atoms with Gasteiger partial charge in [-0.2, -0.15) is 0 Å². The lowest BCUT2D eigenvalue weighted by Crippen LogP contribution is -2.59. The molecule has 3 amide bonds. The van der Waals surface area contributed by atoms with Crippen molar-refractivity contribution in [3.05, 3.63) is 24.3 Å². The second-order valence-corrected chi connectivity index (χ2v) is 9.60. The molecule has 0 radical (unpaired) electrons. The van der Waals surface area contributed by atoms with Crippen molar-refractivity contribution in [1.82, 2.24) is 14.7 Å². The van der Waals surface area contributed by atoms with Crippen molar-refractivity contribution in [3.63, 3.8) is 0 Å². The van der Waals surface area contributed by atoms with Crippen LogP contribution in [0.3, 0.4) is 0 Å². The minimum absolute atomic E-state index is 0.0624. The standard InChI is InChI=1S/C23H33N3O5/c1-6-15(13-27)26-18-21(30)25(14(2)3)12-8-10-23(18)17(20(26)29)16-19(28)24(5)11-7-9-22(16,4)31-23/h7-10,14-18,27H,6,11-13H2,1-5H3/t15-,16-,17-,18?,22+,23-/m0/s1. The third-order valence-corrected chi connectivity index (χ3v) is 7.43. The van der Waals surface area contributed by atoms with Gasteiger partial charge in [0, 0.05) is 26.2 Å². The number of likely N-dealkylation sites (N-methyl/N-ethyl adjacent to an activating group) is 1. The third kappa shape index (κ3) is 2.91. The number of aliphatic hydroxyl groups is 1. The third-order valence-electron chi connectivity index (χ3n) is 7.43. The van der Waals surface area contributed by atoms with Crippen LogP contribution in [-0.4, -0.2) is 93.6 Å². The van der Waals surface area contributed by atoms with Gasteiger partial charge in [-0.3, -0.25) is 14.4 Å². The summed E-state index contributed by atoms with van der Waals surface area (Å²) < 4.78 is 6.67. The summed E-state index contributed by atoms with van der Waals surface area (Å²) in [6.07, 6.45) is 7.97. The molecule has 0 aromatic carbocycles. The zero-order valence-corrected chi connectivity index (χ0v) is 18.9. The van der Waals surface area contributed by atoms with E-state index in [9.17, 15) is 19.5 Å². The Morgan fingerprint density at radius 1 is 1.10 bits per heavy atom. The average Bonchev–Trinajstić information content (AvgIpc) is 2.99. The van der Waals surface area contributed by atoms with Crippen LogP contribution in [0.2, 0.25) is 0 Å². The predicted octanol–water partition coefficient (Wildman–Crippen LogP) is 0.563. The second-order valence-electron chi connectivity index (χ2n) is 9.60. The summed E-state index contributed by atoms with van der Waals surface area (Å²) in [5.41, 5.74) is -2.25. The number of carbonyl (C=O) groups excluding carboxylic acids is 3. The molecular formula is C23H33N3O5. The van der Waals surface area contributed by atoms with Crippen molar-refractivity contribution in [2.24, 2.45) is 11.8 Å². The molecule has 2 fully saturated rings. The van der Waals surface area contributed by atoms with E-state index < -0.39 is 35.1 Å². The van der Waals surface area contributed by atoms with Crippen LogP contribution < -0.4 is 0 Å². The van der Waals surface area contributed by atoms with E-state index in [0.29, 0.717) is 19.5 Å². The molecule has 8 nitrogen and oxygen atoms in total. The maximum absolute atomic E-state index is 13.9. The molecule has 6 atom stereocenters. The van der Waals surface area contributed by atoms with Crippen LogP contribution in [-0.2, 0) is 19.1 Å². The zero-order chi connectivity index (χ0) is 22.7. The Labute approximate surface area is 183 Å². The summed E-state index contributed by atoms with van der Waals surface area (Å²) in [7, 11) is 1.72. The number of hydrogen-bond donors (Lipinski definition) is 1. The molecule has 0 saturated carbocycles. The number of amides is 3. The van der Waals surface area contributed by atoms with Crippen molar-refractivity contribution in [1.29, 1.82) is 0 Å². The Morgan fingerprint density at radius 3 is 2.39 bits per heavy atom. The molecule has 4 aliphatic heterocycles. The van der Waals surface area contributed by atoms with Gasteiger partial charge in [-0.25, -0.2) is 0 Å². The molecule has 170 valence electrons. The fraction of sp³-hybridized carbons (Fsp3) is 0.696. The van der Waals surface area contributed by atoms with Crippen molar-refractivity contribution < 1.29 is 24.2 Å². The van der Waals surface area contributed by atoms with Crippen molar-refractivity contribution in [2.45, 2.75) is 63.4 Å². The molecule has 0 bridgehead atoms. The maximum atomic E-state index is 13.9. The summed E-state index contributed by atoms with van der Waals surface area (Å²) >= 11 is 0. The number of aliphatic hydroxyl groups excluding tert-OH is 1. The lowest BCUT2D eigenvalue weighted by molar-refractivity contribution is -0.156. The molecule has 0 aromatic rings. The zero-order valence-electron chi connectivity index (χ0n) is 18.9. The molecular weight excluding hydrogens is 398 g/mol. The molecule has 31 heavy (non-hydrogen) atoms. The molecule has 0 aliphatic carbocycles. The fourth-order valence-corrected chi connectivity index (χ4v) is 5.87. The monoisotopic (exact) mass is 431 g/mol. The van der Waals surface area contributed by atoms with E-state index in [1.807, 2.05) is 52.0 Å². The SMILES string of the molecule is CC[C@@H](CO)N1C(=O)[C@@H]2[C@H]3C(=O)N(C)CC=C[C@@]3(C)O[C@@]23C=CCN(C(C)C)C(=O)C13. The van der Waals surface area contributed by atoms with E-state index in [-0.39, 0.29) is 30.4 Å². The van der Waals surface area contributed by atoms with Gasteiger partial charge in [0.05, 0.1) is 30.1 Å². The second kappa shape index (κ2) is 7.45. The maximum Gasteiger partial charge on any atom is 0.249 e.